The maximum Gasteiger partial charge on any atom is 0.194 e. The Labute approximate surface area is 156 Å². The molecular weight excluding hydrogens is 478 g/mol. The number of nitrogens with zero attached hydrogens (tertiary/aromatic N) is 1. The van der Waals surface area contributed by atoms with Gasteiger partial charge in [-0.1, -0.05) is 42.5 Å². The monoisotopic (exact) mass is 496 g/mol. The average Bonchev–Trinajstić information content (AvgIpc) is 2.62. The van der Waals surface area contributed by atoms with Crippen LogP contribution in [0.2, 0.25) is 0 Å². The molecule has 2 aromatic carbocycles. The summed E-state index contributed by atoms with van der Waals surface area (Å²) in [5, 5.41) is 0. The van der Waals surface area contributed by atoms with Crippen molar-refractivity contribution in [2.45, 2.75) is 0 Å². The molecule has 1 aromatic heterocycles. The first-order valence-electron chi connectivity index (χ1n) is 6.90. The van der Waals surface area contributed by atoms with Crippen molar-refractivity contribution in [3.05, 3.63) is 91.5 Å². The molecule has 0 fully saturated rings. The third-order valence-electron chi connectivity index (χ3n) is 3.36. The van der Waals surface area contributed by atoms with Gasteiger partial charge < -0.3 is 17.1 Å². The number of ether oxygens (including phenoxy) is 1. The van der Waals surface area contributed by atoms with Crippen LogP contribution in [0.1, 0.15) is 15.9 Å². The Balaban J connectivity index is 0.00000144. The summed E-state index contributed by atoms with van der Waals surface area (Å²) in [6.45, 7) is 0. The molecule has 3 nitrogen and oxygen atoms in total. The van der Waals surface area contributed by atoms with Gasteiger partial charge in [-0.15, -0.1) is 29.8 Å². The van der Waals surface area contributed by atoms with Gasteiger partial charge in [0.2, 0.25) is 0 Å². The molecule has 0 spiro atoms. The van der Waals surface area contributed by atoms with E-state index in [1.54, 1.807) is 37.6 Å². The molecule has 1 radical (unpaired) electrons. The number of rotatable bonds is 4. The third-order valence-corrected chi connectivity index (χ3v) is 3.36. The standard InChI is InChI=1S/C19H14NO2.CH3.Ir/c1-22-17-10-7-14(8-11-17)18-12-9-16(13-20-18)19(21)15-5-3-2-4-6-15;;/h2-7,9-13H,1H3;1H3;/q2*-1;. The fourth-order valence-corrected chi connectivity index (χ4v) is 2.14. The van der Waals surface area contributed by atoms with Crippen molar-refractivity contribution in [2.24, 2.45) is 0 Å². The van der Waals surface area contributed by atoms with Crippen LogP contribution >= 0.6 is 0 Å². The van der Waals surface area contributed by atoms with Crippen LogP contribution in [-0.2, 0) is 20.1 Å². The van der Waals surface area contributed by atoms with Gasteiger partial charge in [0.15, 0.2) is 5.78 Å². The molecule has 125 valence electrons. The summed E-state index contributed by atoms with van der Waals surface area (Å²) < 4.78 is 5.11. The Hall–Kier alpha value is -2.29. The molecule has 4 heteroatoms. The van der Waals surface area contributed by atoms with Crippen molar-refractivity contribution in [1.82, 2.24) is 4.98 Å². The van der Waals surface area contributed by atoms with Crippen LogP contribution in [0.4, 0.5) is 0 Å². The van der Waals surface area contributed by atoms with E-state index in [0.29, 0.717) is 11.1 Å². The van der Waals surface area contributed by atoms with Crippen LogP contribution in [0.5, 0.6) is 5.75 Å². The molecule has 0 atom stereocenters. The second-order valence-corrected chi connectivity index (χ2v) is 4.77. The predicted octanol–water partition coefficient (Wildman–Crippen LogP) is 4.24. The Kier molecular flexibility index (Phi) is 7.50. The predicted molar refractivity (Wildman–Crippen MR) is 91.3 cm³/mol. The minimum Gasteiger partial charge on any atom is -0.540 e. The quantitative estimate of drug-likeness (QED) is 0.402. The molecule has 0 unspecified atom stereocenters. The zero-order valence-electron chi connectivity index (χ0n) is 13.4. The van der Waals surface area contributed by atoms with E-state index < -0.39 is 0 Å². The van der Waals surface area contributed by atoms with Gasteiger partial charge >= 0.3 is 0 Å². The summed E-state index contributed by atoms with van der Waals surface area (Å²) in [5.74, 6) is 0.720. The summed E-state index contributed by atoms with van der Waals surface area (Å²) >= 11 is 0. The second kappa shape index (κ2) is 9.11. The number of pyridine rings is 1. The molecular formula is C20H17IrNO2-2. The fraction of sp³-hybridized carbons (Fsp3) is 0.0500. The Morgan fingerprint density at radius 1 is 1.00 bits per heavy atom. The fourth-order valence-electron chi connectivity index (χ4n) is 2.14. The summed E-state index contributed by atoms with van der Waals surface area (Å²) in [4.78, 5) is 16.7. The van der Waals surface area contributed by atoms with Gasteiger partial charge in [-0.25, -0.2) is 0 Å². The first-order chi connectivity index (χ1) is 10.8. The molecule has 1 heterocycles. The summed E-state index contributed by atoms with van der Waals surface area (Å²) in [6.07, 6.45) is 1.60. The maximum absolute atomic E-state index is 12.3. The van der Waals surface area contributed by atoms with E-state index in [-0.39, 0.29) is 33.3 Å². The molecule has 0 bridgehead atoms. The molecule has 3 aromatic rings. The summed E-state index contributed by atoms with van der Waals surface area (Å²) in [6, 6.07) is 21.4. The van der Waals surface area contributed by atoms with Crippen molar-refractivity contribution < 1.29 is 29.6 Å². The second-order valence-electron chi connectivity index (χ2n) is 4.77. The van der Waals surface area contributed by atoms with Gasteiger partial charge in [0, 0.05) is 43.2 Å². The largest absolute Gasteiger partial charge is 0.540 e. The van der Waals surface area contributed by atoms with Crippen LogP contribution < -0.4 is 4.74 Å². The van der Waals surface area contributed by atoms with Gasteiger partial charge in [-0.3, -0.25) is 4.79 Å². The molecule has 0 N–H and O–H groups in total. The number of methoxy groups -OCH3 is 1. The van der Waals surface area contributed by atoms with E-state index in [9.17, 15) is 4.79 Å². The Morgan fingerprint density at radius 2 is 1.75 bits per heavy atom. The normalized spacial score (nSPS) is 9.38. The summed E-state index contributed by atoms with van der Waals surface area (Å²) in [7, 11) is 1.62. The van der Waals surface area contributed by atoms with Crippen molar-refractivity contribution in [1.29, 1.82) is 0 Å². The van der Waals surface area contributed by atoms with Crippen LogP contribution in [0.25, 0.3) is 11.3 Å². The number of carbonyl (C=O) groups excluding carboxylic acids is 1. The van der Waals surface area contributed by atoms with Crippen molar-refractivity contribution in [2.75, 3.05) is 7.11 Å². The minimum atomic E-state index is -0.0293. The number of hydrogen-bond donors (Lipinski definition) is 0. The number of aromatic nitrogens is 1. The number of ketones is 1. The smallest absolute Gasteiger partial charge is 0.194 e. The molecule has 0 aliphatic rings. The van der Waals surface area contributed by atoms with Crippen molar-refractivity contribution >= 4 is 5.78 Å². The number of carbonyl (C=O) groups is 1. The van der Waals surface area contributed by atoms with E-state index in [2.05, 4.69) is 11.1 Å². The third kappa shape index (κ3) is 4.38. The van der Waals surface area contributed by atoms with Crippen molar-refractivity contribution in [3.8, 4) is 17.0 Å². The molecule has 0 aliphatic carbocycles. The van der Waals surface area contributed by atoms with E-state index in [0.717, 1.165) is 17.0 Å². The SMILES string of the molecule is COc1c[c-]c(-c2ccc(C(=O)c3ccccc3)cn2)cc1.[CH3-].[Ir]. The molecule has 0 amide bonds. The van der Waals surface area contributed by atoms with Crippen LogP contribution in [0.3, 0.4) is 0 Å². The molecule has 24 heavy (non-hydrogen) atoms. The van der Waals surface area contributed by atoms with Crippen LogP contribution in [0, 0.1) is 13.5 Å². The first-order valence-corrected chi connectivity index (χ1v) is 6.90. The topological polar surface area (TPSA) is 39.2 Å². The number of hydrogen-bond acceptors (Lipinski definition) is 3. The molecule has 3 rings (SSSR count). The molecule has 0 aliphatic heterocycles. The van der Waals surface area contributed by atoms with Gasteiger partial charge in [-0.05, 0) is 5.69 Å². The zero-order chi connectivity index (χ0) is 15.4. The van der Waals surface area contributed by atoms with Crippen LogP contribution in [-0.4, -0.2) is 17.9 Å². The Bertz CT molecular complexity index is 769. The number of benzene rings is 2. The maximum atomic E-state index is 12.3. The van der Waals surface area contributed by atoms with E-state index in [4.69, 9.17) is 4.74 Å². The first kappa shape index (κ1) is 19.8. The van der Waals surface area contributed by atoms with Gasteiger partial charge in [0.1, 0.15) is 0 Å². The molecule has 0 saturated carbocycles. The van der Waals surface area contributed by atoms with Gasteiger partial charge in [0.25, 0.3) is 0 Å². The van der Waals surface area contributed by atoms with Crippen molar-refractivity contribution in [3.63, 3.8) is 0 Å². The summed E-state index contributed by atoms with van der Waals surface area (Å²) in [5.41, 5.74) is 2.86. The van der Waals surface area contributed by atoms with E-state index in [1.807, 2.05) is 36.4 Å². The van der Waals surface area contributed by atoms with Gasteiger partial charge in [-0.2, -0.15) is 0 Å². The Morgan fingerprint density at radius 3 is 2.29 bits per heavy atom. The minimum absolute atomic E-state index is 0. The molecule has 0 saturated heterocycles. The van der Waals surface area contributed by atoms with Gasteiger partial charge in [0.05, 0.1) is 7.11 Å². The average molecular weight is 496 g/mol. The zero-order valence-corrected chi connectivity index (χ0v) is 15.8. The van der Waals surface area contributed by atoms with Crippen LogP contribution in [0.15, 0.2) is 66.9 Å². The van der Waals surface area contributed by atoms with E-state index in [1.165, 1.54) is 0 Å². The van der Waals surface area contributed by atoms with E-state index >= 15 is 0 Å².